The van der Waals surface area contributed by atoms with E-state index in [1.54, 1.807) is 24.3 Å². The Balaban J connectivity index is 1.60. The Bertz CT molecular complexity index is 1290. The molecule has 0 unspecified atom stereocenters. The van der Waals surface area contributed by atoms with E-state index in [4.69, 9.17) is 0 Å². The largest absolute Gasteiger partial charge is 0.416 e. The van der Waals surface area contributed by atoms with Gasteiger partial charge < -0.3 is 0 Å². The van der Waals surface area contributed by atoms with Gasteiger partial charge in [-0.25, -0.2) is 13.5 Å². The number of alkyl halides is 3. The van der Waals surface area contributed by atoms with Gasteiger partial charge in [-0.1, -0.05) is 24.3 Å². The average molecular weight is 451 g/mol. The fourth-order valence-corrected chi connectivity index (χ4v) is 5.04. The van der Waals surface area contributed by atoms with Crippen LogP contribution in [0.5, 0.6) is 0 Å². The van der Waals surface area contributed by atoms with Gasteiger partial charge in [-0.3, -0.25) is 4.72 Å². The van der Waals surface area contributed by atoms with Crippen LogP contribution >= 0.6 is 11.3 Å². The van der Waals surface area contributed by atoms with Crippen LogP contribution in [0.15, 0.2) is 64.9 Å². The molecule has 0 bridgehead atoms. The molecule has 2 aromatic heterocycles. The first-order valence-corrected chi connectivity index (χ1v) is 10.7. The Morgan fingerprint density at radius 1 is 0.967 bits per heavy atom. The molecule has 4 aromatic rings. The Morgan fingerprint density at radius 2 is 1.73 bits per heavy atom. The van der Waals surface area contributed by atoms with Crippen LogP contribution in [-0.2, 0) is 16.2 Å². The summed E-state index contributed by atoms with van der Waals surface area (Å²) in [6, 6.07) is 14.0. The number of tetrazole rings is 1. The lowest BCUT2D eigenvalue weighted by Crippen LogP contribution is -2.11. The molecule has 0 amide bonds. The lowest BCUT2D eigenvalue weighted by Gasteiger charge is -2.08. The first kappa shape index (κ1) is 20.0. The monoisotopic (exact) mass is 451 g/mol. The summed E-state index contributed by atoms with van der Waals surface area (Å²) in [6.07, 6.45) is -4.48. The summed E-state index contributed by atoms with van der Waals surface area (Å²) >= 11 is 0.877. The van der Waals surface area contributed by atoms with Crippen LogP contribution in [0, 0.1) is 0 Å². The second kappa shape index (κ2) is 7.54. The highest BCUT2D eigenvalue weighted by atomic mass is 32.2. The SMILES string of the molecule is O=S(=O)(Nc1cccc(-c2nnn[nH]2)c1)c1ccc(-c2cccc(C(F)(F)F)c2)s1. The summed E-state index contributed by atoms with van der Waals surface area (Å²) in [5.41, 5.74) is 0.361. The van der Waals surface area contributed by atoms with Crippen LogP contribution in [0.3, 0.4) is 0 Å². The third kappa shape index (κ3) is 4.19. The van der Waals surface area contributed by atoms with E-state index >= 15 is 0 Å². The fourth-order valence-electron chi connectivity index (χ4n) is 2.69. The quantitative estimate of drug-likeness (QED) is 0.468. The van der Waals surface area contributed by atoms with Crippen LogP contribution < -0.4 is 4.72 Å². The minimum absolute atomic E-state index is 0.0263. The van der Waals surface area contributed by atoms with Crippen LogP contribution in [0.2, 0.25) is 0 Å². The number of sulfonamides is 1. The standard InChI is InChI=1S/C18H12F3N5O2S2/c19-18(20,21)13-5-1-3-11(9-13)15-7-8-16(29-15)30(27,28)24-14-6-2-4-12(10-14)17-22-25-26-23-17/h1-10,24H,(H,22,23,25,26). The number of nitrogens with one attached hydrogen (secondary N) is 2. The maximum atomic E-state index is 12.9. The molecule has 0 fully saturated rings. The highest BCUT2D eigenvalue weighted by Gasteiger charge is 2.30. The molecule has 7 nitrogen and oxygen atoms in total. The van der Waals surface area contributed by atoms with E-state index in [-0.39, 0.29) is 15.5 Å². The Morgan fingerprint density at radius 3 is 2.47 bits per heavy atom. The van der Waals surface area contributed by atoms with Gasteiger partial charge in [0.2, 0.25) is 0 Å². The van der Waals surface area contributed by atoms with Crippen molar-refractivity contribution in [1.29, 1.82) is 0 Å². The Kier molecular flexibility index (Phi) is 5.03. The average Bonchev–Trinajstić information content (AvgIpc) is 3.40. The molecule has 0 aliphatic heterocycles. The minimum Gasteiger partial charge on any atom is -0.279 e. The summed E-state index contributed by atoms with van der Waals surface area (Å²) < 4.78 is 66.7. The molecule has 0 radical (unpaired) electrons. The van der Waals surface area contributed by atoms with E-state index in [9.17, 15) is 21.6 Å². The van der Waals surface area contributed by atoms with Crippen molar-refractivity contribution in [1.82, 2.24) is 20.6 Å². The number of nitrogens with zero attached hydrogens (tertiary/aromatic N) is 3. The first-order chi connectivity index (χ1) is 14.2. The van der Waals surface area contributed by atoms with Crippen molar-refractivity contribution in [2.75, 3.05) is 4.72 Å². The number of hydrogen-bond donors (Lipinski definition) is 2. The zero-order valence-electron chi connectivity index (χ0n) is 14.9. The normalized spacial score (nSPS) is 12.1. The molecule has 30 heavy (non-hydrogen) atoms. The number of halogens is 3. The van der Waals surface area contributed by atoms with E-state index in [0.717, 1.165) is 23.5 Å². The van der Waals surface area contributed by atoms with Crippen molar-refractivity contribution in [3.8, 4) is 21.8 Å². The molecule has 4 rings (SSSR count). The number of H-pyrrole nitrogens is 1. The number of thiophene rings is 1. The van der Waals surface area contributed by atoms with Gasteiger partial charge in [-0.05, 0) is 52.4 Å². The van der Waals surface area contributed by atoms with E-state index in [1.807, 2.05) is 0 Å². The second-order valence-corrected chi connectivity index (χ2v) is 9.13. The van der Waals surface area contributed by atoms with Crippen LogP contribution in [0.1, 0.15) is 5.56 Å². The van der Waals surface area contributed by atoms with Crippen molar-refractivity contribution in [3.05, 3.63) is 66.2 Å². The van der Waals surface area contributed by atoms with Crippen LogP contribution in [0.4, 0.5) is 18.9 Å². The number of aromatic nitrogens is 4. The summed E-state index contributed by atoms with van der Waals surface area (Å²) in [5.74, 6) is 0.374. The molecular formula is C18H12F3N5O2S2. The van der Waals surface area contributed by atoms with Crippen molar-refractivity contribution in [2.45, 2.75) is 10.4 Å². The number of hydrogen-bond acceptors (Lipinski definition) is 6. The molecule has 0 saturated heterocycles. The van der Waals surface area contributed by atoms with Crippen LogP contribution in [-0.4, -0.2) is 29.0 Å². The lowest BCUT2D eigenvalue weighted by molar-refractivity contribution is -0.137. The van der Waals surface area contributed by atoms with E-state index in [2.05, 4.69) is 25.3 Å². The van der Waals surface area contributed by atoms with Gasteiger partial charge in [-0.15, -0.1) is 16.4 Å². The highest BCUT2D eigenvalue weighted by Crippen LogP contribution is 2.36. The van der Waals surface area contributed by atoms with Crippen molar-refractivity contribution in [2.24, 2.45) is 0 Å². The maximum absolute atomic E-state index is 12.9. The summed E-state index contributed by atoms with van der Waals surface area (Å²) in [6.45, 7) is 0. The van der Waals surface area contributed by atoms with E-state index < -0.39 is 21.8 Å². The third-order valence-electron chi connectivity index (χ3n) is 4.05. The Hall–Kier alpha value is -3.25. The van der Waals surface area contributed by atoms with E-state index in [0.29, 0.717) is 16.3 Å². The molecule has 2 heterocycles. The first-order valence-electron chi connectivity index (χ1n) is 8.37. The van der Waals surface area contributed by atoms with E-state index in [1.165, 1.54) is 24.3 Å². The van der Waals surface area contributed by atoms with Gasteiger partial charge in [0.25, 0.3) is 10.0 Å². The molecule has 2 N–H and O–H groups in total. The molecular weight excluding hydrogens is 439 g/mol. The van der Waals surface area contributed by atoms with Crippen LogP contribution in [0.25, 0.3) is 21.8 Å². The number of anilines is 1. The second-order valence-electron chi connectivity index (χ2n) is 6.13. The summed E-state index contributed by atoms with van der Waals surface area (Å²) in [4.78, 5) is 0.406. The number of benzene rings is 2. The molecule has 0 aliphatic carbocycles. The van der Waals surface area contributed by atoms with Gasteiger partial charge >= 0.3 is 6.18 Å². The molecule has 0 atom stereocenters. The zero-order chi connectivity index (χ0) is 21.4. The van der Waals surface area contributed by atoms with Crippen molar-refractivity contribution in [3.63, 3.8) is 0 Å². The predicted molar refractivity (Wildman–Crippen MR) is 105 cm³/mol. The molecule has 2 aromatic carbocycles. The van der Waals surface area contributed by atoms with Gasteiger partial charge in [0.1, 0.15) is 4.21 Å². The fraction of sp³-hybridized carbons (Fsp3) is 0.0556. The lowest BCUT2D eigenvalue weighted by atomic mass is 10.1. The molecule has 0 aliphatic rings. The topological polar surface area (TPSA) is 101 Å². The molecule has 154 valence electrons. The summed E-state index contributed by atoms with van der Waals surface area (Å²) in [7, 11) is -3.94. The third-order valence-corrected chi connectivity index (χ3v) is 7.06. The smallest absolute Gasteiger partial charge is 0.279 e. The minimum atomic E-state index is -4.48. The maximum Gasteiger partial charge on any atom is 0.416 e. The van der Waals surface area contributed by atoms with Crippen molar-refractivity contribution < 1.29 is 21.6 Å². The summed E-state index contributed by atoms with van der Waals surface area (Å²) in [5, 5.41) is 13.3. The van der Waals surface area contributed by atoms with Gasteiger partial charge in [0.15, 0.2) is 5.82 Å². The van der Waals surface area contributed by atoms with Gasteiger partial charge in [-0.2, -0.15) is 13.2 Å². The molecule has 0 spiro atoms. The zero-order valence-corrected chi connectivity index (χ0v) is 16.5. The number of aromatic amines is 1. The number of rotatable bonds is 5. The van der Waals surface area contributed by atoms with Gasteiger partial charge in [0.05, 0.1) is 5.56 Å². The highest BCUT2D eigenvalue weighted by molar-refractivity contribution is 7.94. The molecule has 12 heteroatoms. The van der Waals surface area contributed by atoms with Gasteiger partial charge in [0, 0.05) is 16.1 Å². The predicted octanol–water partition coefficient (Wildman–Crippen LogP) is 4.41. The molecule has 0 saturated carbocycles. The van der Waals surface area contributed by atoms with Crippen molar-refractivity contribution >= 4 is 27.0 Å². The Labute approximate surface area is 172 Å².